The van der Waals surface area contributed by atoms with E-state index in [2.05, 4.69) is 0 Å². The van der Waals surface area contributed by atoms with E-state index in [0.717, 1.165) is 0 Å². The average Bonchev–Trinajstić information content (AvgIpc) is 2.73. The lowest BCUT2D eigenvalue weighted by Crippen LogP contribution is -2.44. The number of hydrogen-bond acceptors (Lipinski definition) is 6. The fourth-order valence-corrected chi connectivity index (χ4v) is 4.90. The fraction of sp³-hybridized carbons (Fsp3) is 0.286. The van der Waals surface area contributed by atoms with Crippen molar-refractivity contribution in [1.82, 2.24) is 4.31 Å². The van der Waals surface area contributed by atoms with Gasteiger partial charge < -0.3 is 13.9 Å². The van der Waals surface area contributed by atoms with Crippen molar-refractivity contribution in [3.63, 3.8) is 0 Å². The summed E-state index contributed by atoms with van der Waals surface area (Å²) in [6.45, 7) is 2.72. The van der Waals surface area contributed by atoms with Gasteiger partial charge in [0.15, 0.2) is 11.5 Å². The van der Waals surface area contributed by atoms with Gasteiger partial charge in [-0.3, -0.25) is 0 Å². The molecule has 152 valence electrons. The highest BCUT2D eigenvalue weighted by atomic mass is 32.2. The molecule has 0 saturated carbocycles. The van der Waals surface area contributed by atoms with Crippen molar-refractivity contribution in [3.8, 4) is 11.5 Å². The molecule has 7 nitrogen and oxygen atoms in total. The van der Waals surface area contributed by atoms with Crippen LogP contribution in [0.1, 0.15) is 13.3 Å². The smallest absolute Gasteiger partial charge is 0.336 e. The topological polar surface area (TPSA) is 86.1 Å². The summed E-state index contributed by atoms with van der Waals surface area (Å²) in [7, 11) is -3.76. The number of sulfonamides is 1. The van der Waals surface area contributed by atoms with Crippen LogP contribution < -0.4 is 15.1 Å². The molecule has 0 unspecified atom stereocenters. The second-order valence-corrected chi connectivity index (χ2v) is 8.75. The Morgan fingerprint density at radius 3 is 2.66 bits per heavy atom. The first kappa shape index (κ1) is 19.5. The maximum absolute atomic E-state index is 13.3. The van der Waals surface area contributed by atoms with E-state index in [0.29, 0.717) is 35.4 Å². The molecule has 0 amide bonds. The summed E-state index contributed by atoms with van der Waals surface area (Å²) in [6.07, 6.45) is 0.246. The summed E-state index contributed by atoms with van der Waals surface area (Å²) >= 11 is 0. The molecule has 0 bridgehead atoms. The molecular weight excluding hydrogens is 394 g/mol. The van der Waals surface area contributed by atoms with Crippen LogP contribution in [0.4, 0.5) is 0 Å². The van der Waals surface area contributed by atoms with Crippen LogP contribution in [-0.4, -0.2) is 38.5 Å². The molecule has 3 aromatic rings. The van der Waals surface area contributed by atoms with E-state index in [1.165, 1.54) is 28.6 Å². The highest BCUT2D eigenvalue weighted by Crippen LogP contribution is 2.31. The third-order valence-corrected chi connectivity index (χ3v) is 6.54. The van der Waals surface area contributed by atoms with Crippen LogP contribution >= 0.6 is 0 Å². The summed E-state index contributed by atoms with van der Waals surface area (Å²) in [4.78, 5) is 11.5. The minimum atomic E-state index is -3.76. The summed E-state index contributed by atoms with van der Waals surface area (Å²) in [5, 5.41) is 0.549. The molecule has 29 heavy (non-hydrogen) atoms. The summed E-state index contributed by atoms with van der Waals surface area (Å²) in [5.74, 6) is 1.27. The van der Waals surface area contributed by atoms with Gasteiger partial charge in [0.2, 0.25) is 10.0 Å². The number of fused-ring (bicyclic) bond motifs is 2. The van der Waals surface area contributed by atoms with Gasteiger partial charge >= 0.3 is 5.63 Å². The normalized spacial score (nSPS) is 16.3. The van der Waals surface area contributed by atoms with E-state index in [-0.39, 0.29) is 18.0 Å². The molecule has 0 aliphatic carbocycles. The lowest BCUT2D eigenvalue weighted by atomic mass is 10.2. The predicted molar refractivity (Wildman–Crippen MR) is 108 cm³/mol. The molecular formula is C21H21NO6S. The lowest BCUT2D eigenvalue weighted by Gasteiger charge is -2.30. The number of benzene rings is 2. The van der Waals surface area contributed by atoms with Crippen molar-refractivity contribution in [3.05, 3.63) is 65.0 Å². The minimum Gasteiger partial charge on any atom is -0.486 e. The van der Waals surface area contributed by atoms with Crippen molar-refractivity contribution in [2.24, 2.45) is 0 Å². The average molecular weight is 415 g/mol. The second kappa shape index (κ2) is 7.88. The van der Waals surface area contributed by atoms with Crippen LogP contribution in [0.5, 0.6) is 11.5 Å². The first-order valence-corrected chi connectivity index (χ1v) is 10.8. The highest BCUT2D eigenvalue weighted by Gasteiger charge is 2.30. The Morgan fingerprint density at radius 2 is 1.86 bits per heavy atom. The van der Waals surface area contributed by atoms with E-state index >= 15 is 0 Å². The molecule has 4 rings (SSSR count). The van der Waals surface area contributed by atoms with Crippen molar-refractivity contribution in [2.45, 2.75) is 24.3 Å². The largest absolute Gasteiger partial charge is 0.486 e. The van der Waals surface area contributed by atoms with Gasteiger partial charge in [-0.15, -0.1) is 0 Å². The van der Waals surface area contributed by atoms with Crippen molar-refractivity contribution in [1.29, 1.82) is 0 Å². The third-order valence-electron chi connectivity index (χ3n) is 4.68. The first-order chi connectivity index (χ1) is 14.0. The highest BCUT2D eigenvalue weighted by molar-refractivity contribution is 7.89. The molecule has 0 fully saturated rings. The number of hydrogen-bond donors (Lipinski definition) is 0. The van der Waals surface area contributed by atoms with Crippen molar-refractivity contribution >= 4 is 21.0 Å². The molecule has 1 aliphatic rings. The molecule has 0 N–H and O–H groups in total. The standard InChI is InChI=1S/C21H21NO6S/c1-2-11-22(13-16-14-26-19-5-3-4-6-20(19)27-16)29(24,25)17-8-9-18-15(12-17)7-10-21(23)28-18/h3-10,12,16H,2,11,13-14H2,1H3/t16-/m1/s1. The Hall–Kier alpha value is -2.84. The van der Waals surface area contributed by atoms with E-state index in [9.17, 15) is 13.2 Å². The maximum atomic E-state index is 13.3. The van der Waals surface area contributed by atoms with Gasteiger partial charge in [0.05, 0.1) is 11.4 Å². The Balaban J connectivity index is 1.60. The van der Waals surface area contributed by atoms with E-state index in [1.807, 2.05) is 25.1 Å². The Labute approximate surface area is 168 Å². The van der Waals surface area contributed by atoms with E-state index in [1.54, 1.807) is 12.1 Å². The molecule has 2 heterocycles. The molecule has 1 atom stereocenters. The molecule has 0 saturated heterocycles. The minimum absolute atomic E-state index is 0.143. The van der Waals surface area contributed by atoms with Crippen molar-refractivity contribution < 1.29 is 22.3 Å². The van der Waals surface area contributed by atoms with E-state index < -0.39 is 21.8 Å². The van der Waals surface area contributed by atoms with Crippen molar-refractivity contribution in [2.75, 3.05) is 19.7 Å². The van der Waals surface area contributed by atoms with E-state index in [4.69, 9.17) is 13.9 Å². The summed E-state index contributed by atoms with van der Waals surface area (Å²) in [6, 6.07) is 14.6. The monoisotopic (exact) mass is 415 g/mol. The van der Waals surface area contributed by atoms with Gasteiger partial charge in [0.25, 0.3) is 0 Å². The molecule has 1 aromatic heterocycles. The number of rotatable bonds is 6. The van der Waals surface area contributed by atoms with Gasteiger partial charge in [-0.2, -0.15) is 4.31 Å². The number of ether oxygens (including phenoxy) is 2. The Bertz CT molecular complexity index is 1190. The SMILES string of the molecule is CCCN(C[C@@H]1COc2ccccc2O1)S(=O)(=O)c1ccc2oc(=O)ccc2c1. The molecule has 0 spiro atoms. The molecule has 8 heteroatoms. The molecule has 1 aliphatic heterocycles. The second-order valence-electron chi connectivity index (χ2n) is 6.81. The first-order valence-electron chi connectivity index (χ1n) is 9.40. The lowest BCUT2D eigenvalue weighted by molar-refractivity contribution is 0.0764. The Kier molecular flexibility index (Phi) is 5.29. The van der Waals surface area contributed by atoms with Gasteiger partial charge in [-0.25, -0.2) is 13.2 Å². The van der Waals surface area contributed by atoms with Gasteiger partial charge in [0.1, 0.15) is 18.3 Å². The molecule has 2 aromatic carbocycles. The molecule has 0 radical (unpaired) electrons. The Morgan fingerprint density at radius 1 is 1.07 bits per heavy atom. The van der Waals surface area contributed by atoms with Gasteiger partial charge in [-0.1, -0.05) is 19.1 Å². The zero-order chi connectivity index (χ0) is 20.4. The maximum Gasteiger partial charge on any atom is 0.336 e. The van der Waals surface area contributed by atoms with Crippen LogP contribution in [0.3, 0.4) is 0 Å². The van der Waals surface area contributed by atoms with Crippen LogP contribution in [0.15, 0.2) is 68.7 Å². The summed E-state index contributed by atoms with van der Waals surface area (Å²) < 4.78 is 44.7. The van der Waals surface area contributed by atoms with Crippen LogP contribution in [0.25, 0.3) is 11.0 Å². The number of para-hydroxylation sites is 2. The predicted octanol–water partition coefficient (Wildman–Crippen LogP) is 3.03. The van der Waals surface area contributed by atoms with Gasteiger partial charge in [0, 0.05) is 18.0 Å². The number of nitrogens with zero attached hydrogens (tertiary/aromatic N) is 1. The van der Waals surface area contributed by atoms with Crippen LogP contribution in [-0.2, 0) is 10.0 Å². The quantitative estimate of drug-likeness (QED) is 0.575. The van der Waals surface area contributed by atoms with Crippen LogP contribution in [0.2, 0.25) is 0 Å². The zero-order valence-electron chi connectivity index (χ0n) is 15.9. The van der Waals surface area contributed by atoms with Crippen LogP contribution in [0, 0.1) is 0 Å². The third kappa shape index (κ3) is 3.99. The van der Waals surface area contributed by atoms with Gasteiger partial charge in [-0.05, 0) is 42.8 Å². The summed E-state index contributed by atoms with van der Waals surface area (Å²) in [5.41, 5.74) is -0.130. The fourth-order valence-electron chi connectivity index (χ4n) is 3.30. The zero-order valence-corrected chi connectivity index (χ0v) is 16.7.